The van der Waals surface area contributed by atoms with Crippen molar-refractivity contribution in [3.8, 4) is 0 Å². The van der Waals surface area contributed by atoms with Crippen molar-refractivity contribution in [2.24, 2.45) is 5.92 Å². The molecule has 0 aromatic heterocycles. The first-order chi connectivity index (χ1) is 10.8. The summed E-state index contributed by atoms with van der Waals surface area (Å²) in [6, 6.07) is 14.4. The zero-order valence-electron chi connectivity index (χ0n) is 11.8. The zero-order valence-corrected chi connectivity index (χ0v) is 12.7. The fourth-order valence-electron chi connectivity index (χ4n) is 4.09. The molecule has 0 spiro atoms. The average molecular weight is 306 g/mol. The molecule has 2 aliphatic heterocycles. The van der Waals surface area contributed by atoms with Crippen molar-refractivity contribution < 1.29 is 4.79 Å². The van der Waals surface area contributed by atoms with Crippen molar-refractivity contribution in [2.75, 3.05) is 4.90 Å². The quantitative estimate of drug-likeness (QED) is 0.597. The molecule has 3 aliphatic rings. The van der Waals surface area contributed by atoms with E-state index in [4.69, 9.17) is 12.2 Å². The van der Waals surface area contributed by atoms with Crippen LogP contribution in [0.4, 0.5) is 5.69 Å². The molecule has 2 fully saturated rings. The highest BCUT2D eigenvalue weighted by Gasteiger charge is 2.55. The first-order valence-electron chi connectivity index (χ1n) is 7.58. The van der Waals surface area contributed by atoms with Gasteiger partial charge >= 0.3 is 0 Å². The Morgan fingerprint density at radius 2 is 1.86 bits per heavy atom. The molecule has 0 unspecified atom stereocenters. The van der Waals surface area contributed by atoms with Crippen LogP contribution in [0.2, 0.25) is 0 Å². The molecule has 0 saturated carbocycles. The second-order valence-corrected chi connectivity index (χ2v) is 6.52. The van der Waals surface area contributed by atoms with Crippen molar-refractivity contribution >= 4 is 39.7 Å². The van der Waals surface area contributed by atoms with Gasteiger partial charge in [-0.1, -0.05) is 48.6 Å². The number of anilines is 1. The molecule has 0 radical (unpaired) electrons. The Kier molecular flexibility index (Phi) is 2.34. The van der Waals surface area contributed by atoms with Crippen molar-refractivity contribution in [1.29, 1.82) is 0 Å². The summed E-state index contributed by atoms with van der Waals surface area (Å²) in [5.74, 6) is 0.439. The van der Waals surface area contributed by atoms with Gasteiger partial charge in [-0.3, -0.25) is 9.69 Å². The average Bonchev–Trinajstić information content (AvgIpc) is 3.21. The summed E-state index contributed by atoms with van der Waals surface area (Å²) < 4.78 is 0. The fourth-order valence-corrected chi connectivity index (χ4v) is 4.53. The van der Waals surface area contributed by atoms with Gasteiger partial charge in [0.05, 0.1) is 11.7 Å². The van der Waals surface area contributed by atoms with Gasteiger partial charge in [0.2, 0.25) is 0 Å². The number of benzene rings is 2. The second kappa shape index (κ2) is 4.17. The summed E-state index contributed by atoms with van der Waals surface area (Å²) in [5.41, 5.74) is 0.905. The highest BCUT2D eigenvalue weighted by atomic mass is 32.1. The molecule has 3 nitrogen and oxygen atoms in total. The lowest BCUT2D eigenvalue weighted by molar-refractivity contribution is -0.119. The first-order valence-corrected chi connectivity index (χ1v) is 7.99. The number of hydrogen-bond donors (Lipinski definition) is 0. The number of thiocarbonyl (C=S) groups is 1. The molecule has 2 bridgehead atoms. The number of amides is 1. The standard InChI is InChI=1S/C18H14N2OS/c21-17-16-12-8-9-13(10-12)19(16)18(22)20(17)15-7-3-5-11-4-1-2-6-14(11)15/h1-9,12-13,16H,10H2/t12-,13+,16+/m1/s1. The fraction of sp³-hybridized carbons (Fsp3) is 0.222. The van der Waals surface area contributed by atoms with E-state index in [2.05, 4.69) is 35.3 Å². The maximum absolute atomic E-state index is 13.0. The summed E-state index contributed by atoms with van der Waals surface area (Å²) in [5, 5.41) is 2.86. The van der Waals surface area contributed by atoms with Crippen LogP contribution in [0.15, 0.2) is 54.6 Å². The van der Waals surface area contributed by atoms with Gasteiger partial charge in [-0.25, -0.2) is 0 Å². The predicted molar refractivity (Wildman–Crippen MR) is 90.7 cm³/mol. The number of carbonyl (C=O) groups excluding carboxylic acids is 1. The van der Waals surface area contributed by atoms with Crippen LogP contribution in [0.5, 0.6) is 0 Å². The third-order valence-corrected chi connectivity index (χ3v) is 5.44. The van der Waals surface area contributed by atoms with Gasteiger partial charge in [0.15, 0.2) is 5.11 Å². The van der Waals surface area contributed by atoms with E-state index in [-0.39, 0.29) is 11.9 Å². The largest absolute Gasteiger partial charge is 0.329 e. The van der Waals surface area contributed by atoms with Crippen LogP contribution in [-0.4, -0.2) is 28.0 Å². The van der Waals surface area contributed by atoms with Gasteiger partial charge < -0.3 is 4.90 Å². The molecular formula is C18H14N2OS. The molecule has 3 atom stereocenters. The lowest BCUT2D eigenvalue weighted by Crippen LogP contribution is -2.38. The highest BCUT2D eigenvalue weighted by molar-refractivity contribution is 7.80. The number of nitrogens with zero attached hydrogens (tertiary/aromatic N) is 2. The van der Waals surface area contributed by atoms with Crippen LogP contribution in [0.3, 0.4) is 0 Å². The molecule has 2 aromatic carbocycles. The Balaban J connectivity index is 1.67. The molecule has 0 N–H and O–H groups in total. The van der Waals surface area contributed by atoms with Gasteiger partial charge in [0, 0.05) is 11.3 Å². The van der Waals surface area contributed by atoms with Crippen LogP contribution in [0, 0.1) is 5.92 Å². The topological polar surface area (TPSA) is 23.6 Å². The minimum atomic E-state index is -0.0959. The minimum Gasteiger partial charge on any atom is -0.329 e. The van der Waals surface area contributed by atoms with Gasteiger partial charge in [-0.2, -0.15) is 0 Å². The number of fused-ring (bicyclic) bond motifs is 6. The third kappa shape index (κ3) is 1.40. The Labute approximate surface area is 133 Å². The van der Waals surface area contributed by atoms with E-state index in [0.717, 1.165) is 22.9 Å². The van der Waals surface area contributed by atoms with Crippen LogP contribution in [0.25, 0.3) is 10.8 Å². The van der Waals surface area contributed by atoms with Crippen LogP contribution in [-0.2, 0) is 4.79 Å². The van der Waals surface area contributed by atoms with E-state index >= 15 is 0 Å². The smallest absolute Gasteiger partial charge is 0.256 e. The SMILES string of the molecule is O=C1[C@@H]2[C@@H]3C=C[C@@H](C3)N2C(=S)N1c1cccc2ccccc12. The molecule has 5 rings (SSSR count). The molecule has 4 heteroatoms. The molecule has 1 amide bonds. The van der Waals surface area contributed by atoms with E-state index in [0.29, 0.717) is 17.1 Å². The van der Waals surface area contributed by atoms with E-state index in [9.17, 15) is 4.79 Å². The maximum Gasteiger partial charge on any atom is 0.256 e. The van der Waals surface area contributed by atoms with Crippen LogP contribution < -0.4 is 4.90 Å². The molecule has 2 heterocycles. The molecule has 22 heavy (non-hydrogen) atoms. The molecule has 108 valence electrons. The molecule has 2 aromatic rings. The predicted octanol–water partition coefficient (Wildman–Crippen LogP) is 3.10. The van der Waals surface area contributed by atoms with Crippen molar-refractivity contribution in [1.82, 2.24) is 4.90 Å². The normalized spacial score (nSPS) is 29.0. The van der Waals surface area contributed by atoms with Crippen LogP contribution >= 0.6 is 12.2 Å². The Morgan fingerprint density at radius 3 is 2.73 bits per heavy atom. The van der Waals surface area contributed by atoms with Crippen molar-refractivity contribution in [2.45, 2.75) is 18.5 Å². The first kappa shape index (κ1) is 12.4. The van der Waals surface area contributed by atoms with Crippen LogP contribution in [0.1, 0.15) is 6.42 Å². The Bertz CT molecular complexity index is 824. The Hall–Kier alpha value is -2.20. The molecular weight excluding hydrogens is 292 g/mol. The number of carbonyl (C=O) groups is 1. The van der Waals surface area contributed by atoms with Gasteiger partial charge in [-0.05, 0) is 30.1 Å². The number of hydrogen-bond acceptors (Lipinski definition) is 2. The third-order valence-electron chi connectivity index (χ3n) is 5.05. The molecule has 2 saturated heterocycles. The Morgan fingerprint density at radius 1 is 1.05 bits per heavy atom. The van der Waals surface area contributed by atoms with E-state index < -0.39 is 0 Å². The lowest BCUT2D eigenvalue weighted by Gasteiger charge is -2.25. The van der Waals surface area contributed by atoms with E-state index in [1.807, 2.05) is 24.3 Å². The van der Waals surface area contributed by atoms with Crippen molar-refractivity contribution in [3.63, 3.8) is 0 Å². The lowest BCUT2D eigenvalue weighted by atomic mass is 10.0. The minimum absolute atomic E-state index is 0.0959. The summed E-state index contributed by atoms with van der Waals surface area (Å²) in [4.78, 5) is 16.9. The zero-order chi connectivity index (χ0) is 14.8. The summed E-state index contributed by atoms with van der Waals surface area (Å²) in [6.07, 6.45) is 5.40. The van der Waals surface area contributed by atoms with Gasteiger partial charge in [0.1, 0.15) is 6.04 Å². The highest BCUT2D eigenvalue weighted by Crippen LogP contribution is 2.44. The maximum atomic E-state index is 13.0. The van der Waals surface area contributed by atoms with Crippen molar-refractivity contribution in [3.05, 3.63) is 54.6 Å². The second-order valence-electron chi connectivity index (χ2n) is 6.16. The van der Waals surface area contributed by atoms with Gasteiger partial charge in [-0.15, -0.1) is 0 Å². The number of rotatable bonds is 1. The monoisotopic (exact) mass is 306 g/mol. The summed E-state index contributed by atoms with van der Waals surface area (Å²) >= 11 is 5.66. The summed E-state index contributed by atoms with van der Waals surface area (Å²) in [6.45, 7) is 0. The summed E-state index contributed by atoms with van der Waals surface area (Å²) in [7, 11) is 0. The van der Waals surface area contributed by atoms with E-state index in [1.165, 1.54) is 0 Å². The van der Waals surface area contributed by atoms with Gasteiger partial charge in [0.25, 0.3) is 5.91 Å². The van der Waals surface area contributed by atoms with E-state index in [1.54, 1.807) is 4.90 Å². The molecule has 1 aliphatic carbocycles.